The van der Waals surface area contributed by atoms with E-state index >= 15 is 0 Å². The maximum atomic E-state index is 11.9. The van der Waals surface area contributed by atoms with Gasteiger partial charge in [-0.2, -0.15) is 11.8 Å². The molecule has 1 aromatic heterocycles. The number of rotatable bonds is 11. The molecule has 6 nitrogen and oxygen atoms in total. The third kappa shape index (κ3) is 6.34. The van der Waals surface area contributed by atoms with Gasteiger partial charge in [0, 0.05) is 18.1 Å². The topological polar surface area (TPSA) is 82.9 Å². The van der Waals surface area contributed by atoms with Crippen molar-refractivity contribution in [3.8, 4) is 5.75 Å². The number of aromatic nitrogens is 1. The minimum atomic E-state index is -0.716. The predicted molar refractivity (Wildman–Crippen MR) is 126 cm³/mol. The van der Waals surface area contributed by atoms with E-state index in [1.54, 1.807) is 13.3 Å². The van der Waals surface area contributed by atoms with Gasteiger partial charge in [0.1, 0.15) is 5.75 Å². The summed E-state index contributed by atoms with van der Waals surface area (Å²) in [6.07, 6.45) is 4.27. The Labute approximate surface area is 189 Å². The van der Waals surface area contributed by atoms with E-state index in [-0.39, 0.29) is 11.8 Å². The van der Waals surface area contributed by atoms with E-state index in [9.17, 15) is 15.0 Å². The Morgan fingerprint density at radius 2 is 2.23 bits per heavy atom. The molecule has 31 heavy (non-hydrogen) atoms. The zero-order valence-electron chi connectivity index (χ0n) is 18.5. The summed E-state index contributed by atoms with van der Waals surface area (Å²) in [6, 6.07) is 7.49. The van der Waals surface area contributed by atoms with Gasteiger partial charge in [-0.15, -0.1) is 0 Å². The number of piperidine rings is 1. The standard InChI is InChI=1S/C24H34N2O4S/c1-3-31-14-4-12-26-13-10-17(21(16-26)24(28)29)5-8-23(27)19-9-11-25-22-7-6-18(30-2)15-20(19)22/h6-7,9,11,15,17,21,23,27H,3-5,8,10,12-14,16H2,1-2H3,(H,28,29)/t17-,21+,23+/m1/s1. The average Bonchev–Trinajstić information content (AvgIpc) is 2.79. The lowest BCUT2D eigenvalue weighted by atomic mass is 9.81. The normalized spacial score (nSPS) is 20.6. The number of ether oxygens (including phenoxy) is 1. The summed E-state index contributed by atoms with van der Waals surface area (Å²) in [5.41, 5.74) is 1.64. The van der Waals surface area contributed by atoms with Gasteiger partial charge >= 0.3 is 5.97 Å². The fourth-order valence-corrected chi connectivity index (χ4v) is 5.14. The molecule has 1 aromatic carbocycles. The molecule has 2 N–H and O–H groups in total. The molecule has 170 valence electrons. The largest absolute Gasteiger partial charge is 0.497 e. The molecule has 0 saturated carbocycles. The summed E-state index contributed by atoms with van der Waals surface area (Å²) >= 11 is 1.93. The fourth-order valence-electron chi connectivity index (χ4n) is 4.52. The number of methoxy groups -OCH3 is 1. The fraction of sp³-hybridized carbons (Fsp3) is 0.583. The van der Waals surface area contributed by atoms with Crippen molar-refractivity contribution in [3.05, 3.63) is 36.0 Å². The van der Waals surface area contributed by atoms with Gasteiger partial charge in [0.05, 0.1) is 24.6 Å². The first-order valence-corrected chi connectivity index (χ1v) is 12.3. The second-order valence-electron chi connectivity index (χ2n) is 8.22. The van der Waals surface area contributed by atoms with E-state index in [0.29, 0.717) is 19.4 Å². The van der Waals surface area contributed by atoms with Crippen molar-refractivity contribution < 1.29 is 19.7 Å². The van der Waals surface area contributed by atoms with Gasteiger partial charge in [-0.05, 0) is 86.0 Å². The van der Waals surface area contributed by atoms with Crippen molar-refractivity contribution in [1.29, 1.82) is 0 Å². The van der Waals surface area contributed by atoms with Crippen LogP contribution >= 0.6 is 11.8 Å². The maximum Gasteiger partial charge on any atom is 0.308 e. The van der Waals surface area contributed by atoms with Gasteiger partial charge in [-0.3, -0.25) is 9.78 Å². The number of aliphatic hydroxyl groups excluding tert-OH is 1. The number of carboxylic acid groups (broad SMARTS) is 1. The Balaban J connectivity index is 1.61. The summed E-state index contributed by atoms with van der Waals surface area (Å²) in [7, 11) is 1.62. The summed E-state index contributed by atoms with van der Waals surface area (Å²) < 4.78 is 5.32. The number of likely N-dealkylation sites (tertiary alicyclic amines) is 1. The third-order valence-electron chi connectivity index (χ3n) is 6.28. The SMILES string of the molecule is CCSCCCN1CC[C@@H](CC[C@H](O)c2ccnc3ccc(OC)cc23)[C@@H](C(=O)O)C1. The summed E-state index contributed by atoms with van der Waals surface area (Å²) in [4.78, 5) is 18.6. The number of fused-ring (bicyclic) bond motifs is 1. The molecule has 0 amide bonds. The van der Waals surface area contributed by atoms with Crippen LogP contribution in [-0.2, 0) is 4.79 Å². The van der Waals surface area contributed by atoms with E-state index in [1.165, 1.54) is 0 Å². The van der Waals surface area contributed by atoms with Gasteiger partial charge < -0.3 is 19.8 Å². The molecule has 2 aromatic rings. The first kappa shape index (κ1) is 23.8. The van der Waals surface area contributed by atoms with Crippen LogP contribution in [0.2, 0.25) is 0 Å². The zero-order valence-corrected chi connectivity index (χ0v) is 19.3. The monoisotopic (exact) mass is 446 g/mol. The number of hydrogen-bond donors (Lipinski definition) is 2. The number of benzene rings is 1. The number of pyridine rings is 1. The second kappa shape index (κ2) is 11.7. The number of hydrogen-bond acceptors (Lipinski definition) is 6. The van der Waals surface area contributed by atoms with E-state index < -0.39 is 12.1 Å². The number of aliphatic hydroxyl groups is 1. The number of thioether (sulfide) groups is 1. The Morgan fingerprint density at radius 3 is 2.97 bits per heavy atom. The van der Waals surface area contributed by atoms with E-state index in [2.05, 4.69) is 16.8 Å². The van der Waals surface area contributed by atoms with Gasteiger partial charge in [-0.1, -0.05) is 6.92 Å². The van der Waals surface area contributed by atoms with Crippen molar-refractivity contribution in [2.24, 2.45) is 11.8 Å². The van der Waals surface area contributed by atoms with Crippen molar-refractivity contribution in [1.82, 2.24) is 9.88 Å². The van der Waals surface area contributed by atoms with Crippen LogP contribution < -0.4 is 4.74 Å². The number of aliphatic carboxylic acids is 1. The van der Waals surface area contributed by atoms with Crippen LogP contribution in [0.25, 0.3) is 10.9 Å². The first-order chi connectivity index (χ1) is 15.0. The first-order valence-electron chi connectivity index (χ1n) is 11.2. The molecule has 1 aliphatic heterocycles. The van der Waals surface area contributed by atoms with E-state index in [4.69, 9.17) is 4.74 Å². The number of carbonyl (C=O) groups is 1. The Morgan fingerprint density at radius 1 is 1.39 bits per heavy atom. The van der Waals surface area contributed by atoms with Crippen LogP contribution in [0.1, 0.15) is 44.3 Å². The molecule has 0 unspecified atom stereocenters. The number of nitrogens with zero attached hydrogens (tertiary/aromatic N) is 2. The highest BCUT2D eigenvalue weighted by molar-refractivity contribution is 7.99. The van der Waals surface area contributed by atoms with Crippen LogP contribution in [-0.4, -0.2) is 64.3 Å². The average molecular weight is 447 g/mol. The Hall–Kier alpha value is -1.83. The van der Waals surface area contributed by atoms with E-state index in [0.717, 1.165) is 59.7 Å². The van der Waals surface area contributed by atoms with Crippen LogP contribution in [0.3, 0.4) is 0 Å². The van der Waals surface area contributed by atoms with Crippen LogP contribution in [0.4, 0.5) is 0 Å². The van der Waals surface area contributed by atoms with Crippen molar-refractivity contribution in [3.63, 3.8) is 0 Å². The lowest BCUT2D eigenvalue weighted by molar-refractivity contribution is -0.146. The highest BCUT2D eigenvalue weighted by Gasteiger charge is 2.34. The molecule has 0 aliphatic carbocycles. The Bertz CT molecular complexity index is 863. The highest BCUT2D eigenvalue weighted by atomic mass is 32.2. The minimum Gasteiger partial charge on any atom is -0.497 e. The lowest BCUT2D eigenvalue weighted by Gasteiger charge is -2.37. The lowest BCUT2D eigenvalue weighted by Crippen LogP contribution is -2.44. The van der Waals surface area contributed by atoms with E-state index in [1.807, 2.05) is 36.0 Å². The summed E-state index contributed by atoms with van der Waals surface area (Å²) in [6.45, 7) is 4.69. The molecular weight excluding hydrogens is 412 g/mol. The quantitative estimate of drug-likeness (QED) is 0.500. The number of carboxylic acids is 1. The molecule has 0 radical (unpaired) electrons. The molecule has 0 spiro atoms. The van der Waals surface area contributed by atoms with Gasteiger partial charge in [-0.25, -0.2) is 0 Å². The van der Waals surface area contributed by atoms with Crippen molar-refractivity contribution in [2.75, 3.05) is 38.2 Å². The Kier molecular flexibility index (Phi) is 8.99. The molecule has 3 rings (SSSR count). The second-order valence-corrected chi connectivity index (χ2v) is 9.61. The molecule has 1 aliphatic rings. The predicted octanol–water partition coefficient (Wildman–Crippen LogP) is 4.22. The van der Waals surface area contributed by atoms with Crippen LogP contribution in [0.5, 0.6) is 5.75 Å². The highest BCUT2D eigenvalue weighted by Crippen LogP contribution is 2.33. The molecule has 1 saturated heterocycles. The van der Waals surface area contributed by atoms with Crippen LogP contribution in [0, 0.1) is 11.8 Å². The van der Waals surface area contributed by atoms with Crippen molar-refractivity contribution in [2.45, 2.75) is 38.7 Å². The molecule has 1 fully saturated rings. The smallest absolute Gasteiger partial charge is 0.308 e. The molecular formula is C24H34N2O4S. The minimum absolute atomic E-state index is 0.0936. The summed E-state index contributed by atoms with van der Waals surface area (Å²) in [5.74, 6) is 1.99. The van der Waals surface area contributed by atoms with Gasteiger partial charge in [0.2, 0.25) is 0 Å². The summed E-state index contributed by atoms with van der Waals surface area (Å²) in [5, 5.41) is 21.6. The molecule has 7 heteroatoms. The molecule has 0 bridgehead atoms. The molecule has 3 atom stereocenters. The zero-order chi connectivity index (χ0) is 22.2. The van der Waals surface area contributed by atoms with Crippen molar-refractivity contribution >= 4 is 28.6 Å². The van der Waals surface area contributed by atoms with Crippen LogP contribution in [0.15, 0.2) is 30.5 Å². The van der Waals surface area contributed by atoms with Gasteiger partial charge in [0.25, 0.3) is 0 Å². The maximum absolute atomic E-state index is 11.9. The molecule has 2 heterocycles. The third-order valence-corrected chi connectivity index (χ3v) is 7.26. The van der Waals surface area contributed by atoms with Gasteiger partial charge in [0.15, 0.2) is 0 Å².